The van der Waals surface area contributed by atoms with Gasteiger partial charge in [-0.15, -0.1) is 0 Å². The van der Waals surface area contributed by atoms with Gasteiger partial charge in [-0.05, 0) is 52.3 Å². The lowest BCUT2D eigenvalue weighted by Crippen LogP contribution is -2.46. The summed E-state index contributed by atoms with van der Waals surface area (Å²) < 4.78 is 11.1. The van der Waals surface area contributed by atoms with Crippen molar-refractivity contribution in [2.75, 3.05) is 6.61 Å². The summed E-state index contributed by atoms with van der Waals surface area (Å²) in [6.45, 7) is 7.48. The fraction of sp³-hybridized carbons (Fsp3) is 0.529. The van der Waals surface area contributed by atoms with E-state index in [1.807, 2.05) is 27.7 Å². The van der Waals surface area contributed by atoms with E-state index in [1.54, 1.807) is 18.2 Å². The van der Waals surface area contributed by atoms with Crippen LogP contribution in [0.1, 0.15) is 44.5 Å². The molecule has 23 heavy (non-hydrogen) atoms. The molecule has 126 valence electrons. The molecule has 0 aliphatic carbocycles. The van der Waals surface area contributed by atoms with Gasteiger partial charge in [0.05, 0.1) is 17.2 Å². The molecule has 6 heteroatoms. The normalized spacial score (nSPS) is 21.7. The maximum Gasteiger partial charge on any atom is 0.341 e. The zero-order chi connectivity index (χ0) is 17.3. The van der Waals surface area contributed by atoms with Gasteiger partial charge in [-0.1, -0.05) is 6.07 Å². The van der Waals surface area contributed by atoms with Crippen molar-refractivity contribution >= 4 is 11.9 Å². The lowest BCUT2D eigenvalue weighted by Gasteiger charge is -2.27. The van der Waals surface area contributed by atoms with Crippen LogP contribution in [0.25, 0.3) is 0 Å². The number of carboxylic acid groups (broad SMARTS) is 1. The minimum Gasteiger partial charge on any atom is -0.482 e. The fourth-order valence-electron chi connectivity index (χ4n) is 2.90. The van der Waals surface area contributed by atoms with Crippen molar-refractivity contribution in [1.29, 1.82) is 0 Å². The number of amides is 1. The molecule has 1 saturated heterocycles. The molecule has 1 heterocycles. The van der Waals surface area contributed by atoms with Gasteiger partial charge in [0, 0.05) is 5.56 Å². The molecule has 1 aliphatic heterocycles. The summed E-state index contributed by atoms with van der Waals surface area (Å²) in [5, 5.41) is 11.6. The number of benzene rings is 1. The molecule has 2 N–H and O–H groups in total. The number of carboxylic acids is 1. The number of hydrogen-bond acceptors (Lipinski definition) is 4. The van der Waals surface area contributed by atoms with E-state index in [1.165, 1.54) is 6.07 Å². The van der Waals surface area contributed by atoms with E-state index >= 15 is 0 Å². The molecule has 0 spiro atoms. The lowest BCUT2D eigenvalue weighted by atomic mass is 9.94. The summed E-state index contributed by atoms with van der Waals surface area (Å²) in [4.78, 5) is 23.0. The van der Waals surface area contributed by atoms with Gasteiger partial charge in [0.15, 0.2) is 6.61 Å². The molecule has 0 radical (unpaired) electrons. The predicted molar refractivity (Wildman–Crippen MR) is 84.7 cm³/mol. The maximum atomic E-state index is 12.5. The van der Waals surface area contributed by atoms with Crippen molar-refractivity contribution in [3.8, 4) is 5.75 Å². The van der Waals surface area contributed by atoms with Crippen LogP contribution in [0.2, 0.25) is 0 Å². The highest BCUT2D eigenvalue weighted by Crippen LogP contribution is 2.37. The zero-order valence-electron chi connectivity index (χ0n) is 13.9. The van der Waals surface area contributed by atoms with Gasteiger partial charge in [0.25, 0.3) is 5.91 Å². The average Bonchev–Trinajstić information content (AvgIpc) is 2.64. The molecule has 1 amide bonds. The molecule has 6 nitrogen and oxygen atoms in total. The molecular formula is C17H23NO5. The van der Waals surface area contributed by atoms with Crippen LogP contribution in [0.5, 0.6) is 5.75 Å². The standard InChI is InChI=1S/C17H23NO5/c1-16(2)9-13(17(3,4)23-16)18-15(21)11-6-5-7-12(8-11)22-10-14(19)20/h5-8,13H,9-10H2,1-4H3,(H,18,21)(H,19,20). The van der Waals surface area contributed by atoms with Crippen LogP contribution < -0.4 is 10.1 Å². The number of carbonyl (C=O) groups is 2. The third kappa shape index (κ3) is 4.45. The number of rotatable bonds is 5. The summed E-state index contributed by atoms with van der Waals surface area (Å²) >= 11 is 0. The Bertz CT molecular complexity index is 609. The van der Waals surface area contributed by atoms with Crippen LogP contribution in [0.4, 0.5) is 0 Å². The molecule has 1 aliphatic rings. The summed E-state index contributed by atoms with van der Waals surface area (Å²) in [6, 6.07) is 6.37. The average molecular weight is 321 g/mol. The summed E-state index contributed by atoms with van der Waals surface area (Å²) in [6.07, 6.45) is 0.723. The van der Waals surface area contributed by atoms with E-state index in [2.05, 4.69) is 5.32 Å². The number of nitrogens with one attached hydrogen (secondary N) is 1. The first-order chi connectivity index (χ1) is 10.6. The molecule has 0 saturated carbocycles. The van der Waals surface area contributed by atoms with Crippen molar-refractivity contribution in [1.82, 2.24) is 5.32 Å². The molecule has 1 aromatic carbocycles. The van der Waals surface area contributed by atoms with E-state index in [-0.39, 0.29) is 17.6 Å². The highest BCUT2D eigenvalue weighted by atomic mass is 16.5. The van der Waals surface area contributed by atoms with Gasteiger partial charge in [0.2, 0.25) is 0 Å². The smallest absolute Gasteiger partial charge is 0.341 e. The van der Waals surface area contributed by atoms with Gasteiger partial charge >= 0.3 is 5.97 Å². The van der Waals surface area contributed by atoms with Crippen molar-refractivity contribution < 1.29 is 24.2 Å². The van der Waals surface area contributed by atoms with Crippen molar-refractivity contribution in [3.63, 3.8) is 0 Å². The van der Waals surface area contributed by atoms with E-state index in [0.717, 1.165) is 6.42 Å². The molecule has 0 bridgehead atoms. The second-order valence-corrected chi connectivity index (χ2v) is 6.91. The fourth-order valence-corrected chi connectivity index (χ4v) is 2.90. The third-order valence-corrected chi connectivity index (χ3v) is 3.84. The predicted octanol–water partition coefficient (Wildman–Crippen LogP) is 2.23. The Kier molecular flexibility index (Phi) is 4.66. The summed E-state index contributed by atoms with van der Waals surface area (Å²) in [5.41, 5.74) is -0.307. The van der Waals surface area contributed by atoms with Gasteiger partial charge in [-0.3, -0.25) is 4.79 Å². The van der Waals surface area contributed by atoms with Gasteiger partial charge < -0.3 is 19.9 Å². The summed E-state index contributed by atoms with van der Waals surface area (Å²) in [5.74, 6) is -0.945. The molecule has 1 aromatic rings. The Morgan fingerprint density at radius 3 is 2.61 bits per heavy atom. The quantitative estimate of drug-likeness (QED) is 0.868. The van der Waals surface area contributed by atoms with E-state index < -0.39 is 18.2 Å². The monoisotopic (exact) mass is 321 g/mol. The first-order valence-electron chi connectivity index (χ1n) is 7.55. The minimum atomic E-state index is -1.06. The molecular weight excluding hydrogens is 298 g/mol. The van der Waals surface area contributed by atoms with Gasteiger partial charge in [-0.25, -0.2) is 4.79 Å². The Labute approximate surface area is 135 Å². The van der Waals surface area contributed by atoms with Crippen LogP contribution in [-0.4, -0.2) is 40.8 Å². The Morgan fingerprint density at radius 1 is 1.35 bits per heavy atom. The first kappa shape index (κ1) is 17.3. The van der Waals surface area contributed by atoms with Crippen LogP contribution >= 0.6 is 0 Å². The van der Waals surface area contributed by atoms with Crippen molar-refractivity contribution in [2.24, 2.45) is 0 Å². The number of hydrogen-bond donors (Lipinski definition) is 2. The minimum absolute atomic E-state index is 0.103. The lowest BCUT2D eigenvalue weighted by molar-refractivity contribution is -0.139. The SMILES string of the molecule is CC1(C)CC(NC(=O)c2cccc(OCC(=O)O)c2)C(C)(C)O1. The largest absolute Gasteiger partial charge is 0.482 e. The molecule has 0 aromatic heterocycles. The number of aliphatic carboxylic acids is 1. The van der Waals surface area contributed by atoms with Crippen molar-refractivity contribution in [2.45, 2.75) is 51.4 Å². The van der Waals surface area contributed by atoms with Gasteiger partial charge in [0.1, 0.15) is 5.75 Å². The highest BCUT2D eigenvalue weighted by Gasteiger charge is 2.46. The third-order valence-electron chi connectivity index (χ3n) is 3.84. The highest BCUT2D eigenvalue weighted by molar-refractivity contribution is 5.94. The molecule has 2 rings (SSSR count). The Morgan fingerprint density at radius 2 is 2.04 bits per heavy atom. The second-order valence-electron chi connectivity index (χ2n) is 6.91. The Hall–Kier alpha value is -2.08. The maximum absolute atomic E-state index is 12.5. The van der Waals surface area contributed by atoms with Gasteiger partial charge in [-0.2, -0.15) is 0 Å². The zero-order valence-corrected chi connectivity index (χ0v) is 13.9. The number of carbonyl (C=O) groups excluding carboxylic acids is 1. The van der Waals surface area contributed by atoms with E-state index in [4.69, 9.17) is 14.6 Å². The molecule has 1 atom stereocenters. The van der Waals surface area contributed by atoms with E-state index in [9.17, 15) is 9.59 Å². The molecule has 1 unspecified atom stereocenters. The second kappa shape index (κ2) is 6.20. The number of ether oxygens (including phenoxy) is 2. The summed E-state index contributed by atoms with van der Waals surface area (Å²) in [7, 11) is 0. The topological polar surface area (TPSA) is 84.9 Å². The van der Waals surface area contributed by atoms with Crippen LogP contribution in [0.3, 0.4) is 0 Å². The van der Waals surface area contributed by atoms with E-state index in [0.29, 0.717) is 11.3 Å². The molecule has 1 fully saturated rings. The first-order valence-corrected chi connectivity index (χ1v) is 7.55. The Balaban J connectivity index is 2.06. The van der Waals surface area contributed by atoms with Crippen LogP contribution in [-0.2, 0) is 9.53 Å². The van der Waals surface area contributed by atoms with Crippen LogP contribution in [0, 0.1) is 0 Å². The van der Waals surface area contributed by atoms with Crippen molar-refractivity contribution in [3.05, 3.63) is 29.8 Å². The van der Waals surface area contributed by atoms with Crippen LogP contribution in [0.15, 0.2) is 24.3 Å².